The summed E-state index contributed by atoms with van der Waals surface area (Å²) in [6, 6.07) is 21.3. The zero-order valence-electron chi connectivity index (χ0n) is 22.1. The van der Waals surface area contributed by atoms with Gasteiger partial charge < -0.3 is 20.9 Å². The third-order valence-corrected chi connectivity index (χ3v) is 7.89. The minimum absolute atomic E-state index is 0.224. The lowest BCUT2D eigenvalue weighted by Gasteiger charge is -2.17. The average molecular weight is 555 g/mol. The van der Waals surface area contributed by atoms with Crippen molar-refractivity contribution in [3.63, 3.8) is 0 Å². The van der Waals surface area contributed by atoms with E-state index in [1.54, 1.807) is 63.4 Å². The molecule has 9 heteroatoms. The highest BCUT2D eigenvalue weighted by atomic mass is 35.5. The molecule has 4 aromatic carbocycles. The van der Waals surface area contributed by atoms with Gasteiger partial charge in [-0.15, -0.1) is 0 Å². The van der Waals surface area contributed by atoms with E-state index in [4.69, 9.17) is 17.3 Å². The molecule has 202 valence electrons. The lowest BCUT2D eigenvalue weighted by Crippen LogP contribution is -2.38. The average Bonchev–Trinajstić information content (AvgIpc) is 3.31. The first-order valence-corrected chi connectivity index (χ1v) is 13.1. The molecule has 0 saturated heterocycles. The molecular weight excluding hydrogens is 528 g/mol. The summed E-state index contributed by atoms with van der Waals surface area (Å²) in [5, 5.41) is 23.1. The number of H-pyrrole nitrogens is 1. The number of aromatic nitrogens is 3. The van der Waals surface area contributed by atoms with Crippen LogP contribution in [0.15, 0.2) is 82.4 Å². The van der Waals surface area contributed by atoms with Gasteiger partial charge in [0.05, 0.1) is 32.7 Å². The fraction of sp³-hybridized carbons (Fsp3) is 0.161. The summed E-state index contributed by atoms with van der Waals surface area (Å²) < 4.78 is 2.52. The summed E-state index contributed by atoms with van der Waals surface area (Å²) in [6.07, 6.45) is -1.24. The Balaban J connectivity index is 1.67. The molecule has 0 aliphatic heterocycles. The molecule has 0 fully saturated rings. The van der Waals surface area contributed by atoms with Gasteiger partial charge >= 0.3 is 5.69 Å². The van der Waals surface area contributed by atoms with E-state index in [9.17, 15) is 19.8 Å². The number of benzene rings is 4. The van der Waals surface area contributed by atoms with Crippen molar-refractivity contribution < 1.29 is 10.2 Å². The first-order chi connectivity index (χ1) is 19.0. The van der Waals surface area contributed by atoms with E-state index in [1.807, 2.05) is 30.3 Å². The minimum atomic E-state index is -1.24. The van der Waals surface area contributed by atoms with Gasteiger partial charge in [0.15, 0.2) is 0 Å². The molecule has 2 aromatic heterocycles. The summed E-state index contributed by atoms with van der Waals surface area (Å²) in [4.78, 5) is 30.2. The fourth-order valence-corrected chi connectivity index (χ4v) is 5.72. The number of aliphatic hydroxyl groups excluding tert-OH is 1. The van der Waals surface area contributed by atoms with Crippen LogP contribution in [0.4, 0.5) is 0 Å². The highest BCUT2D eigenvalue weighted by molar-refractivity contribution is 6.36. The summed E-state index contributed by atoms with van der Waals surface area (Å²) in [6.45, 7) is 3.42. The molecule has 0 spiro atoms. The van der Waals surface area contributed by atoms with Crippen molar-refractivity contribution in [2.24, 2.45) is 12.8 Å². The molecule has 0 aliphatic carbocycles. The number of para-hydroxylation sites is 1. The number of hydrogen-bond acceptors (Lipinski definition) is 5. The van der Waals surface area contributed by atoms with Crippen LogP contribution in [0, 0.1) is 0 Å². The quantitative estimate of drug-likeness (QED) is 0.232. The first kappa shape index (κ1) is 26.0. The smallest absolute Gasteiger partial charge is 0.335 e. The number of hydrogen-bond donors (Lipinski definition) is 4. The third kappa shape index (κ3) is 3.88. The number of nitrogens with two attached hydrogens (primary N) is 1. The monoisotopic (exact) mass is 554 g/mol. The lowest BCUT2D eigenvalue weighted by atomic mass is 9.94. The van der Waals surface area contributed by atoms with E-state index < -0.39 is 23.1 Å². The van der Waals surface area contributed by atoms with Crippen LogP contribution < -0.4 is 17.0 Å². The second-order valence-corrected chi connectivity index (χ2v) is 10.9. The SMILES string of the molecule is Cn1c(=O)n(-c2cccc(-c3ccc(C(N)O)c4[nH]c5cc(C(C)(C)O)ccc5c34)c2Cl)c(=O)c2ccccc21. The lowest BCUT2D eigenvalue weighted by molar-refractivity contribution is 0.0787. The van der Waals surface area contributed by atoms with Crippen LogP contribution in [0.2, 0.25) is 5.02 Å². The minimum Gasteiger partial charge on any atom is -0.386 e. The van der Waals surface area contributed by atoms with Crippen molar-refractivity contribution in [2.45, 2.75) is 25.7 Å². The van der Waals surface area contributed by atoms with Crippen LogP contribution in [0.1, 0.15) is 31.2 Å². The van der Waals surface area contributed by atoms with Crippen molar-refractivity contribution in [1.82, 2.24) is 14.1 Å². The van der Waals surface area contributed by atoms with E-state index in [1.165, 1.54) is 4.57 Å². The number of aliphatic hydroxyl groups is 2. The van der Waals surface area contributed by atoms with Gasteiger partial charge in [-0.2, -0.15) is 0 Å². The molecule has 1 unspecified atom stereocenters. The zero-order valence-corrected chi connectivity index (χ0v) is 22.8. The van der Waals surface area contributed by atoms with E-state index in [-0.39, 0.29) is 10.7 Å². The van der Waals surface area contributed by atoms with E-state index in [0.29, 0.717) is 27.5 Å². The molecule has 0 saturated carbocycles. The number of aryl methyl sites for hydroxylation is 1. The molecule has 0 amide bonds. The molecule has 5 N–H and O–H groups in total. The van der Waals surface area contributed by atoms with Crippen LogP contribution in [0.3, 0.4) is 0 Å². The molecule has 8 nitrogen and oxygen atoms in total. The fourth-order valence-electron chi connectivity index (χ4n) is 5.41. The Bertz CT molecular complexity index is 2100. The number of halogens is 1. The van der Waals surface area contributed by atoms with Crippen LogP contribution in [0.5, 0.6) is 0 Å². The van der Waals surface area contributed by atoms with Crippen LogP contribution in [-0.4, -0.2) is 24.3 Å². The Hall–Kier alpha value is -4.21. The highest BCUT2D eigenvalue weighted by Gasteiger charge is 2.23. The molecule has 1 atom stereocenters. The van der Waals surface area contributed by atoms with Crippen molar-refractivity contribution in [1.29, 1.82) is 0 Å². The number of nitrogens with one attached hydrogen (secondary N) is 1. The van der Waals surface area contributed by atoms with Gasteiger partial charge in [-0.1, -0.05) is 60.1 Å². The maximum atomic E-state index is 13.5. The Morgan fingerprint density at radius 2 is 1.70 bits per heavy atom. The van der Waals surface area contributed by atoms with Gasteiger partial charge in [-0.05, 0) is 49.2 Å². The van der Waals surface area contributed by atoms with Gasteiger partial charge in [0, 0.05) is 34.5 Å². The molecule has 6 rings (SSSR count). The van der Waals surface area contributed by atoms with Crippen LogP contribution in [-0.2, 0) is 12.6 Å². The number of nitrogens with zero attached hydrogens (tertiary/aromatic N) is 2. The van der Waals surface area contributed by atoms with Crippen molar-refractivity contribution in [3.8, 4) is 16.8 Å². The normalized spacial score (nSPS) is 13.0. The van der Waals surface area contributed by atoms with E-state index in [0.717, 1.165) is 32.0 Å². The van der Waals surface area contributed by atoms with Crippen LogP contribution in [0.25, 0.3) is 49.5 Å². The second kappa shape index (κ2) is 9.18. The Morgan fingerprint density at radius 1 is 0.950 bits per heavy atom. The van der Waals surface area contributed by atoms with Gasteiger partial charge in [0.1, 0.15) is 6.23 Å². The predicted molar refractivity (Wildman–Crippen MR) is 159 cm³/mol. The summed E-state index contributed by atoms with van der Waals surface area (Å²) in [5.74, 6) is 0. The van der Waals surface area contributed by atoms with Gasteiger partial charge in [-0.3, -0.25) is 9.36 Å². The molecule has 0 aliphatic rings. The maximum absolute atomic E-state index is 13.5. The summed E-state index contributed by atoms with van der Waals surface area (Å²) in [7, 11) is 1.62. The topological polar surface area (TPSA) is 126 Å². The summed E-state index contributed by atoms with van der Waals surface area (Å²) in [5.41, 5.74) is 8.56. The Morgan fingerprint density at radius 3 is 2.42 bits per heavy atom. The van der Waals surface area contributed by atoms with Gasteiger partial charge in [-0.25, -0.2) is 9.36 Å². The van der Waals surface area contributed by atoms with Crippen molar-refractivity contribution in [2.75, 3.05) is 0 Å². The second-order valence-electron chi connectivity index (χ2n) is 10.5. The van der Waals surface area contributed by atoms with Crippen molar-refractivity contribution in [3.05, 3.63) is 110 Å². The molecule has 6 aromatic rings. The molecule has 0 bridgehead atoms. The van der Waals surface area contributed by atoms with E-state index in [2.05, 4.69) is 4.98 Å². The Labute approximate surface area is 233 Å². The number of fused-ring (bicyclic) bond motifs is 4. The standard InChI is InChI=1S/C31H27ClN4O4/c1-31(2,40)16-11-12-19-22(15-16)34-27-21(28(33)37)14-13-17(25(19)27)18-8-6-10-24(26(18)32)36-29(38)20-7-4-5-9-23(20)35(3)30(36)39/h4-15,28,34,37,40H,33H2,1-3H3. The highest BCUT2D eigenvalue weighted by Crippen LogP contribution is 2.42. The third-order valence-electron chi connectivity index (χ3n) is 7.50. The largest absolute Gasteiger partial charge is 0.386 e. The predicted octanol–water partition coefficient (Wildman–Crippen LogP) is 4.82. The van der Waals surface area contributed by atoms with Gasteiger partial charge in [0.2, 0.25) is 0 Å². The summed E-state index contributed by atoms with van der Waals surface area (Å²) >= 11 is 7.01. The Kier molecular flexibility index (Phi) is 5.97. The maximum Gasteiger partial charge on any atom is 0.335 e. The molecular formula is C31H27ClN4O4. The molecule has 2 heterocycles. The molecule has 0 radical (unpaired) electrons. The number of rotatable bonds is 4. The zero-order chi connectivity index (χ0) is 28.5. The van der Waals surface area contributed by atoms with Crippen LogP contribution >= 0.6 is 11.6 Å². The first-order valence-electron chi connectivity index (χ1n) is 12.7. The van der Waals surface area contributed by atoms with Crippen molar-refractivity contribution >= 4 is 44.3 Å². The number of aromatic amines is 1. The molecule has 40 heavy (non-hydrogen) atoms. The van der Waals surface area contributed by atoms with Gasteiger partial charge in [0.25, 0.3) is 5.56 Å². The van der Waals surface area contributed by atoms with E-state index >= 15 is 0 Å².